The molecule has 4 fully saturated rings. The topological polar surface area (TPSA) is 118 Å². The van der Waals surface area contributed by atoms with Gasteiger partial charge in [-0.25, -0.2) is 0 Å². The van der Waals surface area contributed by atoms with Gasteiger partial charge in [-0.3, -0.25) is 4.79 Å². The quantitative estimate of drug-likeness (QED) is 0.361. The average Bonchev–Trinajstić information content (AvgIpc) is 2.80. The number of hydrogen-bond acceptors (Lipinski definition) is 5. The molecule has 0 radical (unpaired) electrons. The number of carbonyl (C=O) groups is 1. The van der Waals surface area contributed by atoms with E-state index in [1.165, 1.54) is 0 Å². The molecule has 6 heteroatoms. The predicted octanol–water partition coefficient (Wildman–Crippen LogP) is 4.15. The zero-order valence-corrected chi connectivity index (χ0v) is 23.0. The van der Waals surface area contributed by atoms with Crippen molar-refractivity contribution >= 4 is 5.97 Å². The molecule has 0 bridgehead atoms. The summed E-state index contributed by atoms with van der Waals surface area (Å²) in [5.74, 6) is -1.06. The van der Waals surface area contributed by atoms with E-state index in [-0.39, 0.29) is 41.6 Å². The van der Waals surface area contributed by atoms with Crippen LogP contribution in [-0.4, -0.2) is 55.9 Å². The van der Waals surface area contributed by atoms with E-state index >= 15 is 0 Å². The van der Waals surface area contributed by atoms with E-state index in [4.69, 9.17) is 0 Å². The van der Waals surface area contributed by atoms with Gasteiger partial charge in [0.2, 0.25) is 0 Å². The third kappa shape index (κ3) is 2.85. The van der Waals surface area contributed by atoms with Crippen molar-refractivity contribution in [2.45, 2.75) is 111 Å². The zero-order chi connectivity index (χ0) is 26.7. The van der Waals surface area contributed by atoms with Crippen LogP contribution in [-0.2, 0) is 4.79 Å². The first-order valence-corrected chi connectivity index (χ1v) is 14.2. The molecule has 5 aliphatic carbocycles. The van der Waals surface area contributed by atoms with Crippen LogP contribution in [0.5, 0.6) is 0 Å². The zero-order valence-electron chi connectivity index (χ0n) is 23.0. The van der Waals surface area contributed by atoms with Crippen molar-refractivity contribution in [2.24, 2.45) is 50.7 Å². The van der Waals surface area contributed by atoms with E-state index in [1.807, 2.05) is 13.8 Å². The van der Waals surface area contributed by atoms with Gasteiger partial charge in [-0.2, -0.15) is 0 Å². The normalized spacial score (nSPS) is 58.6. The highest BCUT2D eigenvalue weighted by Gasteiger charge is 2.72. The van der Waals surface area contributed by atoms with E-state index < -0.39 is 45.9 Å². The van der Waals surface area contributed by atoms with Crippen molar-refractivity contribution in [3.8, 4) is 0 Å². The van der Waals surface area contributed by atoms with Crippen LogP contribution < -0.4 is 0 Å². The average molecular weight is 505 g/mol. The van der Waals surface area contributed by atoms with E-state index in [2.05, 4.69) is 33.8 Å². The fourth-order valence-electron chi connectivity index (χ4n) is 10.8. The van der Waals surface area contributed by atoms with Gasteiger partial charge in [-0.1, -0.05) is 46.3 Å². The molecule has 0 aromatic carbocycles. The molecule has 0 aromatic rings. The number of aliphatic carboxylic acids is 1. The monoisotopic (exact) mass is 504 g/mol. The van der Waals surface area contributed by atoms with Gasteiger partial charge in [0.05, 0.1) is 29.8 Å². The smallest absolute Gasteiger partial charge is 0.310 e. The van der Waals surface area contributed by atoms with Crippen molar-refractivity contribution < 1.29 is 30.3 Å². The SMILES string of the molecule is C[C@@H]1CC[C@]2(C(=O)O)CC[C@]3(C)C(=CC[C@@H]4[C@@]5(C)[C@@H](O)C[C@H](O)[C@@](C)(CO)[C@@H]5CC[C@]43C)[C@@H]2[C@]1(C)O. The van der Waals surface area contributed by atoms with E-state index in [0.29, 0.717) is 19.3 Å². The molecule has 0 spiro atoms. The highest BCUT2D eigenvalue weighted by atomic mass is 16.4. The van der Waals surface area contributed by atoms with Crippen molar-refractivity contribution in [3.63, 3.8) is 0 Å². The molecule has 6 nitrogen and oxygen atoms in total. The number of hydrogen-bond donors (Lipinski definition) is 5. The molecule has 0 aromatic heterocycles. The summed E-state index contributed by atoms with van der Waals surface area (Å²) in [5.41, 5.74) is -2.52. The summed E-state index contributed by atoms with van der Waals surface area (Å²) >= 11 is 0. The van der Waals surface area contributed by atoms with Gasteiger partial charge in [0, 0.05) is 23.2 Å². The predicted molar refractivity (Wildman–Crippen MR) is 137 cm³/mol. The highest BCUT2D eigenvalue weighted by molar-refractivity contribution is 5.77. The Morgan fingerprint density at radius 2 is 1.64 bits per heavy atom. The second-order valence-electron chi connectivity index (χ2n) is 14.6. The minimum Gasteiger partial charge on any atom is -0.481 e. The molecule has 12 atom stereocenters. The van der Waals surface area contributed by atoms with Crippen LogP contribution in [0.2, 0.25) is 0 Å². The largest absolute Gasteiger partial charge is 0.481 e. The number of fused-ring (bicyclic) bond motifs is 7. The molecule has 5 rings (SSSR count). The lowest BCUT2D eigenvalue weighted by molar-refractivity contribution is -0.256. The maximum absolute atomic E-state index is 12.8. The van der Waals surface area contributed by atoms with E-state index in [0.717, 1.165) is 31.3 Å². The molecule has 5 aliphatic rings. The van der Waals surface area contributed by atoms with Crippen molar-refractivity contribution in [1.29, 1.82) is 0 Å². The number of aliphatic hydroxyl groups is 4. The third-order valence-electron chi connectivity index (χ3n) is 13.7. The summed E-state index contributed by atoms with van der Waals surface area (Å²) in [6.07, 6.45) is 6.16. The van der Waals surface area contributed by atoms with Gasteiger partial charge in [0.15, 0.2) is 0 Å². The molecule has 0 aliphatic heterocycles. The van der Waals surface area contributed by atoms with E-state index in [9.17, 15) is 30.3 Å². The number of carboxylic acid groups (broad SMARTS) is 1. The highest BCUT2D eigenvalue weighted by Crippen LogP contribution is 2.76. The number of carboxylic acids is 1. The van der Waals surface area contributed by atoms with Crippen LogP contribution in [0.4, 0.5) is 0 Å². The standard InChI is InChI=1S/C30H48O6/c1-17-9-12-30(24(34)35)14-13-26(3)18(23(30)29(17,6)36)7-8-20-27(26,4)11-10-19-25(2,16-31)21(32)15-22(33)28(19,20)5/h7,17,19-23,31-33,36H,8-16H2,1-6H3,(H,34,35)/t17-,19+,20+,21+,22+,23-,25+,26-,27-,28+,29-,30+/m1/s1. The number of allylic oxidation sites excluding steroid dienone is 1. The molecule has 0 heterocycles. The lowest BCUT2D eigenvalue weighted by atomic mass is 9.32. The van der Waals surface area contributed by atoms with Crippen molar-refractivity contribution in [3.05, 3.63) is 11.6 Å². The molecule has 204 valence electrons. The third-order valence-corrected chi connectivity index (χ3v) is 13.7. The summed E-state index contributed by atoms with van der Waals surface area (Å²) < 4.78 is 0. The van der Waals surface area contributed by atoms with Gasteiger partial charge < -0.3 is 25.5 Å². The van der Waals surface area contributed by atoms with Crippen LogP contribution in [0.1, 0.15) is 92.9 Å². The van der Waals surface area contributed by atoms with Crippen LogP contribution in [0.25, 0.3) is 0 Å². The van der Waals surface area contributed by atoms with Crippen LogP contribution in [0.3, 0.4) is 0 Å². The Morgan fingerprint density at radius 3 is 2.25 bits per heavy atom. The Balaban J connectivity index is 1.66. The molecule has 36 heavy (non-hydrogen) atoms. The van der Waals surface area contributed by atoms with Gasteiger partial charge >= 0.3 is 5.97 Å². The molecule has 0 unspecified atom stereocenters. The summed E-state index contributed by atoms with van der Waals surface area (Å²) in [5, 5.41) is 55.3. The first-order chi connectivity index (χ1) is 16.6. The van der Waals surface area contributed by atoms with Crippen LogP contribution in [0, 0.1) is 50.7 Å². The number of aliphatic hydroxyl groups excluding tert-OH is 3. The van der Waals surface area contributed by atoms with Gasteiger partial charge in [0.25, 0.3) is 0 Å². The first kappa shape index (κ1) is 26.6. The minimum absolute atomic E-state index is 0.00936. The summed E-state index contributed by atoms with van der Waals surface area (Å²) in [6.45, 7) is 12.6. The summed E-state index contributed by atoms with van der Waals surface area (Å²) in [7, 11) is 0. The lowest BCUT2D eigenvalue weighted by Crippen LogP contribution is -2.70. The summed E-state index contributed by atoms with van der Waals surface area (Å²) in [6, 6.07) is 0. The number of rotatable bonds is 2. The second kappa shape index (κ2) is 7.80. The molecular weight excluding hydrogens is 456 g/mol. The van der Waals surface area contributed by atoms with Crippen molar-refractivity contribution in [1.82, 2.24) is 0 Å². The van der Waals surface area contributed by atoms with Crippen LogP contribution in [0.15, 0.2) is 11.6 Å². The fraction of sp³-hybridized carbons (Fsp3) is 0.900. The Labute approximate surface area is 216 Å². The Morgan fingerprint density at radius 1 is 0.972 bits per heavy atom. The van der Waals surface area contributed by atoms with E-state index in [1.54, 1.807) is 0 Å². The molecule has 0 saturated heterocycles. The van der Waals surface area contributed by atoms with Crippen LogP contribution >= 0.6 is 0 Å². The maximum Gasteiger partial charge on any atom is 0.310 e. The van der Waals surface area contributed by atoms with Gasteiger partial charge in [-0.15, -0.1) is 0 Å². The summed E-state index contributed by atoms with van der Waals surface area (Å²) in [4.78, 5) is 12.8. The Hall–Kier alpha value is -0.950. The van der Waals surface area contributed by atoms with Crippen molar-refractivity contribution in [2.75, 3.05) is 6.61 Å². The lowest BCUT2D eigenvalue weighted by Gasteiger charge is -2.72. The first-order valence-electron chi connectivity index (χ1n) is 14.2. The maximum atomic E-state index is 12.8. The molecular formula is C30H48O6. The van der Waals surface area contributed by atoms with Gasteiger partial charge in [-0.05, 0) is 80.5 Å². The molecule has 5 N–H and O–H groups in total. The fourth-order valence-corrected chi connectivity index (χ4v) is 10.8. The molecule has 4 saturated carbocycles. The second-order valence-corrected chi connectivity index (χ2v) is 14.6. The Kier molecular flexibility index (Phi) is 5.77. The Bertz CT molecular complexity index is 974. The van der Waals surface area contributed by atoms with Gasteiger partial charge in [0.1, 0.15) is 0 Å². The molecule has 0 amide bonds. The minimum atomic E-state index is -1.10.